The smallest absolute Gasteiger partial charge is 0.252 e. The van der Waals surface area contributed by atoms with Crippen molar-refractivity contribution < 1.29 is 4.74 Å². The van der Waals surface area contributed by atoms with E-state index in [0.29, 0.717) is 11.7 Å². The molecule has 0 amide bonds. The number of nitrogens with one attached hydrogen (secondary N) is 1. The number of hydrogen-bond donors (Lipinski definition) is 1. The van der Waals surface area contributed by atoms with Crippen molar-refractivity contribution in [2.75, 3.05) is 12.4 Å². The average Bonchev–Trinajstić information content (AvgIpc) is 2.96. The van der Waals surface area contributed by atoms with E-state index < -0.39 is 0 Å². The summed E-state index contributed by atoms with van der Waals surface area (Å²) in [4.78, 5) is 0. The van der Waals surface area contributed by atoms with E-state index >= 15 is 0 Å². The van der Waals surface area contributed by atoms with Gasteiger partial charge < -0.3 is 10.1 Å². The summed E-state index contributed by atoms with van der Waals surface area (Å²) in [6, 6.07) is 17.3. The molecule has 20 heavy (non-hydrogen) atoms. The van der Waals surface area contributed by atoms with Gasteiger partial charge in [0.1, 0.15) is 11.4 Å². The molecular weight excluding hydrogens is 254 g/mol. The molecular formula is C14H13N5O. The molecule has 0 spiro atoms. The predicted octanol–water partition coefficient (Wildman–Crippen LogP) is 2.41. The van der Waals surface area contributed by atoms with Gasteiger partial charge in [-0.2, -0.15) is 4.68 Å². The van der Waals surface area contributed by atoms with Crippen molar-refractivity contribution in [3.63, 3.8) is 0 Å². The van der Waals surface area contributed by atoms with Crippen LogP contribution in [0.25, 0.3) is 5.69 Å². The number of benzene rings is 2. The van der Waals surface area contributed by atoms with Gasteiger partial charge in [-0.1, -0.05) is 35.4 Å². The van der Waals surface area contributed by atoms with E-state index in [0.717, 1.165) is 11.4 Å². The molecule has 6 heteroatoms. The first kappa shape index (κ1) is 12.2. The van der Waals surface area contributed by atoms with Crippen molar-refractivity contribution in [2.45, 2.75) is 0 Å². The highest BCUT2D eigenvalue weighted by Crippen LogP contribution is 2.24. The molecule has 0 aliphatic rings. The molecule has 0 saturated carbocycles. The predicted molar refractivity (Wildman–Crippen MR) is 75.4 cm³/mol. The molecule has 1 N–H and O–H groups in total. The third-order valence-corrected chi connectivity index (χ3v) is 2.81. The van der Waals surface area contributed by atoms with Crippen molar-refractivity contribution in [3.8, 4) is 11.4 Å². The fourth-order valence-electron chi connectivity index (χ4n) is 1.88. The first-order chi connectivity index (χ1) is 9.88. The standard InChI is InChI=1S/C14H13N5O/c1-20-13-10-6-5-9-12(13)19-14(16-17-18-19)15-11-7-3-2-4-8-11/h2-10H,1H3,(H,15,16,18). The second-order valence-electron chi connectivity index (χ2n) is 4.08. The van der Waals surface area contributed by atoms with Crippen LogP contribution in [0.2, 0.25) is 0 Å². The second-order valence-corrected chi connectivity index (χ2v) is 4.08. The van der Waals surface area contributed by atoms with Crippen LogP contribution in [0.4, 0.5) is 11.6 Å². The minimum absolute atomic E-state index is 0.528. The Morgan fingerprint density at radius 1 is 1.00 bits per heavy atom. The van der Waals surface area contributed by atoms with Gasteiger partial charge in [-0.25, -0.2) is 0 Å². The maximum Gasteiger partial charge on any atom is 0.252 e. The molecule has 100 valence electrons. The van der Waals surface area contributed by atoms with Crippen molar-refractivity contribution in [2.24, 2.45) is 0 Å². The number of ether oxygens (including phenoxy) is 1. The number of anilines is 2. The van der Waals surface area contributed by atoms with Gasteiger partial charge in [-0.3, -0.25) is 0 Å². The number of methoxy groups -OCH3 is 1. The Morgan fingerprint density at radius 2 is 1.75 bits per heavy atom. The Labute approximate surface area is 116 Å². The van der Waals surface area contributed by atoms with Crippen LogP contribution in [0.3, 0.4) is 0 Å². The van der Waals surface area contributed by atoms with Gasteiger partial charge >= 0.3 is 0 Å². The van der Waals surface area contributed by atoms with Crippen LogP contribution in [0.1, 0.15) is 0 Å². The zero-order valence-electron chi connectivity index (χ0n) is 10.9. The second kappa shape index (κ2) is 5.40. The van der Waals surface area contributed by atoms with E-state index in [-0.39, 0.29) is 0 Å². The summed E-state index contributed by atoms with van der Waals surface area (Å²) in [5.41, 5.74) is 1.69. The monoisotopic (exact) mass is 267 g/mol. The Morgan fingerprint density at radius 3 is 2.55 bits per heavy atom. The van der Waals surface area contributed by atoms with Gasteiger partial charge in [0.2, 0.25) is 0 Å². The zero-order chi connectivity index (χ0) is 13.8. The maximum absolute atomic E-state index is 5.33. The molecule has 0 radical (unpaired) electrons. The lowest BCUT2D eigenvalue weighted by molar-refractivity contribution is 0.411. The SMILES string of the molecule is COc1ccccc1-n1nnnc1Nc1ccccc1. The average molecular weight is 267 g/mol. The van der Waals surface area contributed by atoms with Crippen LogP contribution in [-0.4, -0.2) is 27.3 Å². The Kier molecular flexibility index (Phi) is 3.28. The van der Waals surface area contributed by atoms with E-state index in [2.05, 4.69) is 20.8 Å². The van der Waals surface area contributed by atoms with Gasteiger partial charge in [0, 0.05) is 5.69 Å². The summed E-state index contributed by atoms with van der Waals surface area (Å²) >= 11 is 0. The molecule has 0 aliphatic carbocycles. The molecule has 3 rings (SSSR count). The minimum atomic E-state index is 0.528. The maximum atomic E-state index is 5.33. The molecule has 0 aliphatic heterocycles. The highest BCUT2D eigenvalue weighted by atomic mass is 16.5. The number of tetrazole rings is 1. The fraction of sp³-hybridized carbons (Fsp3) is 0.0714. The molecule has 0 fully saturated rings. The molecule has 1 aromatic heterocycles. The summed E-state index contributed by atoms with van der Waals surface area (Å²) < 4.78 is 6.93. The lowest BCUT2D eigenvalue weighted by Gasteiger charge is -2.10. The molecule has 3 aromatic rings. The highest BCUT2D eigenvalue weighted by Gasteiger charge is 2.12. The first-order valence-corrected chi connectivity index (χ1v) is 6.12. The number of hydrogen-bond acceptors (Lipinski definition) is 5. The number of nitrogens with zero attached hydrogens (tertiary/aromatic N) is 4. The summed E-state index contributed by atoms with van der Waals surface area (Å²) in [5, 5.41) is 14.9. The van der Waals surface area contributed by atoms with E-state index in [1.54, 1.807) is 11.8 Å². The molecule has 0 atom stereocenters. The van der Waals surface area contributed by atoms with Crippen LogP contribution >= 0.6 is 0 Å². The van der Waals surface area contributed by atoms with Crippen molar-refractivity contribution in [1.82, 2.24) is 20.2 Å². The van der Waals surface area contributed by atoms with Crippen LogP contribution in [0.5, 0.6) is 5.75 Å². The summed E-state index contributed by atoms with van der Waals surface area (Å²) in [6.07, 6.45) is 0. The lowest BCUT2D eigenvalue weighted by atomic mass is 10.3. The fourth-order valence-corrected chi connectivity index (χ4v) is 1.88. The number of para-hydroxylation sites is 3. The van der Waals surface area contributed by atoms with Crippen molar-refractivity contribution in [3.05, 3.63) is 54.6 Å². The third kappa shape index (κ3) is 2.31. The van der Waals surface area contributed by atoms with Crippen molar-refractivity contribution >= 4 is 11.6 Å². The molecule has 0 bridgehead atoms. The topological polar surface area (TPSA) is 64.9 Å². The molecule has 0 unspecified atom stereocenters. The van der Waals surface area contributed by atoms with Gasteiger partial charge in [-0.05, 0) is 34.7 Å². The summed E-state index contributed by atoms with van der Waals surface area (Å²) in [5.74, 6) is 1.23. The van der Waals surface area contributed by atoms with E-state index in [1.807, 2.05) is 54.6 Å². The van der Waals surface area contributed by atoms with Crippen molar-refractivity contribution in [1.29, 1.82) is 0 Å². The van der Waals surface area contributed by atoms with Crippen LogP contribution in [0.15, 0.2) is 54.6 Å². The van der Waals surface area contributed by atoms with Gasteiger partial charge in [-0.15, -0.1) is 0 Å². The lowest BCUT2D eigenvalue weighted by Crippen LogP contribution is -2.05. The molecule has 1 heterocycles. The normalized spacial score (nSPS) is 10.2. The molecule has 6 nitrogen and oxygen atoms in total. The first-order valence-electron chi connectivity index (χ1n) is 6.12. The zero-order valence-corrected chi connectivity index (χ0v) is 10.9. The summed E-state index contributed by atoms with van der Waals surface area (Å²) in [6.45, 7) is 0. The Hall–Kier alpha value is -2.89. The van der Waals surface area contributed by atoms with Gasteiger partial charge in [0.05, 0.1) is 7.11 Å². The van der Waals surface area contributed by atoms with Crippen LogP contribution in [0, 0.1) is 0 Å². The van der Waals surface area contributed by atoms with Crippen LogP contribution < -0.4 is 10.1 Å². The Bertz CT molecular complexity index is 696. The number of aromatic nitrogens is 4. The highest BCUT2D eigenvalue weighted by molar-refractivity contribution is 5.56. The molecule has 0 saturated heterocycles. The van der Waals surface area contributed by atoms with E-state index in [9.17, 15) is 0 Å². The largest absolute Gasteiger partial charge is 0.494 e. The van der Waals surface area contributed by atoms with E-state index in [1.165, 1.54) is 0 Å². The van der Waals surface area contributed by atoms with Crippen LogP contribution in [-0.2, 0) is 0 Å². The van der Waals surface area contributed by atoms with Gasteiger partial charge in [0.25, 0.3) is 5.95 Å². The molecule has 2 aromatic carbocycles. The van der Waals surface area contributed by atoms with E-state index in [4.69, 9.17) is 4.74 Å². The Balaban J connectivity index is 1.98. The summed E-state index contributed by atoms with van der Waals surface area (Å²) in [7, 11) is 1.62. The third-order valence-electron chi connectivity index (χ3n) is 2.81. The quantitative estimate of drug-likeness (QED) is 0.786. The van der Waals surface area contributed by atoms with Gasteiger partial charge in [0.15, 0.2) is 0 Å². The minimum Gasteiger partial charge on any atom is -0.494 e. The number of rotatable bonds is 4.